The molecule has 0 saturated heterocycles. The number of rotatable bonds is 6. The van der Waals surface area contributed by atoms with E-state index in [0.29, 0.717) is 19.0 Å². The number of aryl methyl sites for hydroxylation is 1. The van der Waals surface area contributed by atoms with Crippen molar-refractivity contribution in [3.63, 3.8) is 0 Å². The van der Waals surface area contributed by atoms with Crippen molar-refractivity contribution < 1.29 is 4.79 Å². The Bertz CT molecular complexity index is 336. The molecule has 16 heavy (non-hydrogen) atoms. The van der Waals surface area contributed by atoms with Crippen molar-refractivity contribution >= 4 is 17.2 Å². The summed E-state index contributed by atoms with van der Waals surface area (Å²) in [5.74, 6) is 0.0826. The van der Waals surface area contributed by atoms with Crippen LogP contribution in [0.1, 0.15) is 30.2 Å². The first-order valence-corrected chi connectivity index (χ1v) is 6.31. The molecule has 0 bridgehead atoms. The summed E-state index contributed by atoms with van der Waals surface area (Å²) in [5.41, 5.74) is 0. The topological polar surface area (TPSA) is 54.0 Å². The molecular formula is C11H19N3OS. The second-order valence-electron chi connectivity index (χ2n) is 3.98. The van der Waals surface area contributed by atoms with E-state index in [0.717, 1.165) is 16.4 Å². The zero-order valence-corrected chi connectivity index (χ0v) is 10.9. The van der Waals surface area contributed by atoms with Crippen molar-refractivity contribution in [3.8, 4) is 0 Å². The molecule has 0 atom stereocenters. The van der Waals surface area contributed by atoms with Crippen LogP contribution in [0.3, 0.4) is 0 Å². The zero-order chi connectivity index (χ0) is 12.0. The summed E-state index contributed by atoms with van der Waals surface area (Å²) in [6, 6.07) is 0.428. The van der Waals surface area contributed by atoms with Gasteiger partial charge in [-0.25, -0.2) is 4.98 Å². The predicted molar refractivity (Wildman–Crippen MR) is 66.5 cm³/mol. The van der Waals surface area contributed by atoms with Crippen LogP contribution in [-0.2, 0) is 11.3 Å². The van der Waals surface area contributed by atoms with Crippen molar-refractivity contribution in [1.29, 1.82) is 0 Å². The third-order valence-corrected chi connectivity index (χ3v) is 2.95. The van der Waals surface area contributed by atoms with Crippen LogP contribution in [-0.4, -0.2) is 23.5 Å². The van der Waals surface area contributed by atoms with Crippen LogP contribution in [0.15, 0.2) is 6.20 Å². The van der Waals surface area contributed by atoms with Crippen LogP contribution in [0.5, 0.6) is 0 Å². The third kappa shape index (κ3) is 5.23. The smallest absolute Gasteiger partial charge is 0.221 e. The van der Waals surface area contributed by atoms with Gasteiger partial charge in [-0.05, 0) is 6.92 Å². The highest BCUT2D eigenvalue weighted by Gasteiger charge is 2.03. The average Bonchev–Trinajstić information content (AvgIpc) is 2.61. The summed E-state index contributed by atoms with van der Waals surface area (Å²) >= 11 is 1.62. The molecule has 1 rings (SSSR count). The van der Waals surface area contributed by atoms with E-state index in [-0.39, 0.29) is 5.91 Å². The van der Waals surface area contributed by atoms with Crippen LogP contribution >= 0.6 is 11.3 Å². The van der Waals surface area contributed by atoms with Crippen molar-refractivity contribution in [3.05, 3.63) is 16.1 Å². The Balaban J connectivity index is 2.15. The fourth-order valence-electron chi connectivity index (χ4n) is 1.24. The monoisotopic (exact) mass is 241 g/mol. The standard InChI is InChI=1S/C11H19N3OS/c1-8(2)12-5-4-11(15)14-7-10-6-13-9(3)16-10/h6,8,12H,4-5,7H2,1-3H3,(H,14,15). The minimum atomic E-state index is 0.0826. The summed E-state index contributed by atoms with van der Waals surface area (Å²) in [6.45, 7) is 7.41. The molecule has 0 fully saturated rings. The number of hydrogen-bond donors (Lipinski definition) is 2. The molecule has 0 spiro atoms. The quantitative estimate of drug-likeness (QED) is 0.792. The number of aromatic nitrogens is 1. The van der Waals surface area contributed by atoms with Gasteiger partial charge in [0.05, 0.1) is 11.6 Å². The summed E-state index contributed by atoms with van der Waals surface area (Å²) in [5, 5.41) is 7.12. The number of carbonyl (C=O) groups is 1. The number of nitrogens with zero attached hydrogens (tertiary/aromatic N) is 1. The maximum absolute atomic E-state index is 11.4. The molecule has 0 unspecified atom stereocenters. The molecular weight excluding hydrogens is 222 g/mol. The van der Waals surface area contributed by atoms with Gasteiger partial charge >= 0.3 is 0 Å². The molecule has 90 valence electrons. The fourth-order valence-corrected chi connectivity index (χ4v) is 1.97. The van der Waals surface area contributed by atoms with Gasteiger partial charge in [0.1, 0.15) is 0 Å². The minimum absolute atomic E-state index is 0.0826. The van der Waals surface area contributed by atoms with E-state index in [4.69, 9.17) is 0 Å². The Morgan fingerprint density at radius 2 is 2.31 bits per heavy atom. The van der Waals surface area contributed by atoms with Gasteiger partial charge in [0.15, 0.2) is 0 Å². The summed E-state index contributed by atoms with van der Waals surface area (Å²) in [4.78, 5) is 16.7. The summed E-state index contributed by atoms with van der Waals surface area (Å²) in [6.07, 6.45) is 2.34. The van der Waals surface area contributed by atoms with Gasteiger partial charge in [-0.1, -0.05) is 13.8 Å². The minimum Gasteiger partial charge on any atom is -0.351 e. The lowest BCUT2D eigenvalue weighted by Gasteiger charge is -2.07. The highest BCUT2D eigenvalue weighted by molar-refractivity contribution is 7.11. The maximum atomic E-state index is 11.4. The van der Waals surface area contributed by atoms with Gasteiger partial charge in [0.25, 0.3) is 0 Å². The Morgan fingerprint density at radius 1 is 1.56 bits per heavy atom. The Kier molecular flexibility index (Phi) is 5.42. The SMILES string of the molecule is Cc1ncc(CNC(=O)CCNC(C)C)s1. The number of hydrogen-bond acceptors (Lipinski definition) is 4. The highest BCUT2D eigenvalue weighted by Crippen LogP contribution is 2.10. The van der Waals surface area contributed by atoms with E-state index in [1.807, 2.05) is 13.1 Å². The highest BCUT2D eigenvalue weighted by atomic mass is 32.1. The Labute approximate surface area is 100 Å². The first-order valence-electron chi connectivity index (χ1n) is 5.49. The molecule has 0 aliphatic heterocycles. The van der Waals surface area contributed by atoms with Gasteiger partial charge in [-0.2, -0.15) is 0 Å². The van der Waals surface area contributed by atoms with E-state index in [1.54, 1.807) is 11.3 Å². The molecule has 1 aromatic rings. The molecule has 0 aromatic carbocycles. The summed E-state index contributed by atoms with van der Waals surface area (Å²) < 4.78 is 0. The van der Waals surface area contributed by atoms with Gasteiger partial charge in [-0.3, -0.25) is 4.79 Å². The van der Waals surface area contributed by atoms with Crippen LogP contribution < -0.4 is 10.6 Å². The second-order valence-corrected chi connectivity index (χ2v) is 5.30. The van der Waals surface area contributed by atoms with Gasteiger partial charge in [0.2, 0.25) is 5.91 Å². The first-order chi connectivity index (χ1) is 7.58. The largest absolute Gasteiger partial charge is 0.351 e. The average molecular weight is 241 g/mol. The molecule has 1 heterocycles. The number of carbonyl (C=O) groups excluding carboxylic acids is 1. The molecule has 0 saturated carbocycles. The van der Waals surface area contributed by atoms with Crippen LogP contribution in [0.25, 0.3) is 0 Å². The molecule has 4 nitrogen and oxygen atoms in total. The number of nitrogens with one attached hydrogen (secondary N) is 2. The lowest BCUT2D eigenvalue weighted by atomic mass is 10.3. The zero-order valence-electron chi connectivity index (χ0n) is 10.0. The predicted octanol–water partition coefficient (Wildman–Crippen LogP) is 1.46. The first kappa shape index (κ1) is 13.1. The normalized spacial score (nSPS) is 10.8. The molecule has 0 aliphatic carbocycles. The molecule has 5 heteroatoms. The lowest BCUT2D eigenvalue weighted by molar-refractivity contribution is -0.121. The van der Waals surface area contributed by atoms with E-state index < -0.39 is 0 Å². The molecule has 2 N–H and O–H groups in total. The molecule has 1 aromatic heterocycles. The van der Waals surface area contributed by atoms with Crippen LogP contribution in [0, 0.1) is 6.92 Å². The molecule has 0 aliphatic rings. The lowest BCUT2D eigenvalue weighted by Crippen LogP contribution is -2.30. The van der Waals surface area contributed by atoms with Crippen molar-refractivity contribution in [1.82, 2.24) is 15.6 Å². The van der Waals surface area contributed by atoms with Gasteiger partial charge in [0, 0.05) is 30.1 Å². The van der Waals surface area contributed by atoms with E-state index in [9.17, 15) is 4.79 Å². The maximum Gasteiger partial charge on any atom is 0.221 e. The van der Waals surface area contributed by atoms with Gasteiger partial charge < -0.3 is 10.6 Å². The van der Waals surface area contributed by atoms with Crippen LogP contribution in [0.2, 0.25) is 0 Å². The number of amides is 1. The van der Waals surface area contributed by atoms with Gasteiger partial charge in [-0.15, -0.1) is 11.3 Å². The second kappa shape index (κ2) is 6.60. The summed E-state index contributed by atoms with van der Waals surface area (Å²) in [7, 11) is 0. The Hall–Kier alpha value is -0.940. The Morgan fingerprint density at radius 3 is 2.88 bits per heavy atom. The van der Waals surface area contributed by atoms with E-state index in [1.165, 1.54) is 0 Å². The third-order valence-electron chi connectivity index (χ3n) is 2.03. The fraction of sp³-hybridized carbons (Fsp3) is 0.636. The number of thiazole rings is 1. The van der Waals surface area contributed by atoms with E-state index >= 15 is 0 Å². The molecule has 1 amide bonds. The van der Waals surface area contributed by atoms with Crippen molar-refractivity contribution in [2.24, 2.45) is 0 Å². The van der Waals surface area contributed by atoms with Crippen LogP contribution in [0.4, 0.5) is 0 Å². The van der Waals surface area contributed by atoms with Crippen molar-refractivity contribution in [2.45, 2.75) is 39.8 Å². The molecule has 0 radical (unpaired) electrons. The van der Waals surface area contributed by atoms with Crippen molar-refractivity contribution in [2.75, 3.05) is 6.54 Å². The van der Waals surface area contributed by atoms with E-state index in [2.05, 4.69) is 29.5 Å².